The van der Waals surface area contributed by atoms with Gasteiger partial charge in [0.15, 0.2) is 0 Å². The van der Waals surface area contributed by atoms with Crippen molar-refractivity contribution in [3.05, 3.63) is 39.9 Å². The molecule has 0 aliphatic carbocycles. The van der Waals surface area contributed by atoms with Crippen molar-refractivity contribution in [2.24, 2.45) is 11.7 Å². The van der Waals surface area contributed by atoms with E-state index in [1.807, 2.05) is 13.8 Å². The Morgan fingerprint density at radius 1 is 1.12 bits per heavy atom. The maximum atomic E-state index is 12.9. The molecule has 1 aromatic carbocycles. The molecule has 0 radical (unpaired) electrons. The van der Waals surface area contributed by atoms with Crippen molar-refractivity contribution in [3.63, 3.8) is 0 Å². The zero-order valence-electron chi connectivity index (χ0n) is 18.6. The number of hydrogen-bond donors (Lipinski definition) is 3. The number of nitro groups is 1. The Morgan fingerprint density at radius 3 is 2.16 bits per heavy atom. The van der Waals surface area contributed by atoms with E-state index in [9.17, 15) is 29.3 Å². The zero-order chi connectivity index (χ0) is 24.4. The van der Waals surface area contributed by atoms with Crippen LogP contribution in [0.15, 0.2) is 24.3 Å². The lowest BCUT2D eigenvalue weighted by Gasteiger charge is -2.28. The van der Waals surface area contributed by atoms with Crippen LogP contribution in [0.3, 0.4) is 0 Å². The second-order valence-electron chi connectivity index (χ2n) is 7.74. The van der Waals surface area contributed by atoms with Crippen molar-refractivity contribution in [2.45, 2.75) is 58.5 Å². The molecule has 11 heteroatoms. The summed E-state index contributed by atoms with van der Waals surface area (Å²) in [6.07, 6.45) is 0.0193. The molecule has 0 spiro atoms. The van der Waals surface area contributed by atoms with Gasteiger partial charge in [-0.2, -0.15) is 0 Å². The van der Waals surface area contributed by atoms with Gasteiger partial charge in [0.1, 0.15) is 12.1 Å². The maximum Gasteiger partial charge on any atom is 0.306 e. The van der Waals surface area contributed by atoms with Gasteiger partial charge >= 0.3 is 5.97 Å². The predicted molar refractivity (Wildman–Crippen MR) is 115 cm³/mol. The Bertz CT molecular complexity index is 839. The summed E-state index contributed by atoms with van der Waals surface area (Å²) in [7, 11) is 0. The minimum absolute atomic E-state index is 0.0645. The number of rotatable bonds is 12. The summed E-state index contributed by atoms with van der Waals surface area (Å²) >= 11 is 0. The number of esters is 1. The van der Waals surface area contributed by atoms with Crippen LogP contribution in [0.2, 0.25) is 0 Å². The molecular weight excluding hydrogens is 420 g/mol. The highest BCUT2D eigenvalue weighted by molar-refractivity contribution is 5.92. The van der Waals surface area contributed by atoms with Crippen molar-refractivity contribution in [1.82, 2.24) is 10.6 Å². The molecular formula is C21H30N4O7. The number of nitrogens with one attached hydrogen (secondary N) is 2. The van der Waals surface area contributed by atoms with E-state index in [-0.39, 0.29) is 24.6 Å². The molecule has 3 amide bonds. The van der Waals surface area contributed by atoms with Gasteiger partial charge in [-0.1, -0.05) is 26.0 Å². The first-order valence-electron chi connectivity index (χ1n) is 10.2. The fraction of sp³-hybridized carbons (Fsp3) is 0.524. The highest BCUT2D eigenvalue weighted by Crippen LogP contribution is 2.27. The standard InChI is InChI=1S/C21H30N4O7/c1-5-32-18(27)11-16(14-6-8-15(9-7-14)25(30)31)19(20(22)28)24-21(29)17(10-12(2)3)23-13(4)26/h6-9,12,16-17,19H,5,10-11H2,1-4H3,(H2,22,28)(H,23,26)(H,24,29)/t16-,17-,19-/m0/s1. The lowest BCUT2D eigenvalue weighted by atomic mass is 9.87. The minimum Gasteiger partial charge on any atom is -0.466 e. The quantitative estimate of drug-likeness (QED) is 0.243. The Morgan fingerprint density at radius 2 is 1.72 bits per heavy atom. The molecule has 0 heterocycles. The molecule has 0 aromatic heterocycles. The van der Waals surface area contributed by atoms with E-state index in [0.29, 0.717) is 12.0 Å². The van der Waals surface area contributed by atoms with Crippen molar-refractivity contribution in [3.8, 4) is 0 Å². The Labute approximate surface area is 186 Å². The first kappa shape index (κ1) is 26.5. The third-order valence-corrected chi connectivity index (χ3v) is 4.63. The maximum absolute atomic E-state index is 12.9. The van der Waals surface area contributed by atoms with Crippen LogP contribution >= 0.6 is 0 Å². The highest BCUT2D eigenvalue weighted by atomic mass is 16.6. The third kappa shape index (κ3) is 8.32. The van der Waals surface area contributed by atoms with Crippen LogP contribution in [0.25, 0.3) is 0 Å². The number of hydrogen-bond acceptors (Lipinski definition) is 7. The van der Waals surface area contributed by atoms with Crippen LogP contribution in [-0.4, -0.2) is 47.3 Å². The van der Waals surface area contributed by atoms with Gasteiger partial charge in [-0.15, -0.1) is 0 Å². The summed E-state index contributed by atoms with van der Waals surface area (Å²) in [4.78, 5) is 59.2. The molecule has 0 saturated heterocycles. The number of nitrogens with zero attached hydrogens (tertiary/aromatic N) is 1. The highest BCUT2D eigenvalue weighted by Gasteiger charge is 2.34. The molecule has 1 rings (SSSR count). The molecule has 0 unspecified atom stereocenters. The number of nitrogens with two attached hydrogens (primary N) is 1. The molecule has 176 valence electrons. The molecule has 0 bridgehead atoms. The molecule has 1 aromatic rings. The fourth-order valence-electron chi connectivity index (χ4n) is 3.24. The Kier molecular flexibility index (Phi) is 10.3. The number of benzene rings is 1. The summed E-state index contributed by atoms with van der Waals surface area (Å²) < 4.78 is 4.97. The topological polar surface area (TPSA) is 171 Å². The summed E-state index contributed by atoms with van der Waals surface area (Å²) in [5.74, 6) is -3.45. The van der Waals surface area contributed by atoms with Gasteiger partial charge in [0.2, 0.25) is 17.7 Å². The molecule has 11 nitrogen and oxygen atoms in total. The summed E-state index contributed by atoms with van der Waals surface area (Å²) in [5, 5.41) is 16.0. The van der Waals surface area contributed by atoms with Gasteiger partial charge in [-0.25, -0.2) is 0 Å². The molecule has 32 heavy (non-hydrogen) atoms. The smallest absolute Gasteiger partial charge is 0.306 e. The fourth-order valence-corrected chi connectivity index (χ4v) is 3.24. The lowest BCUT2D eigenvalue weighted by Crippen LogP contribution is -2.55. The number of nitro benzene ring substituents is 1. The first-order valence-corrected chi connectivity index (χ1v) is 10.2. The van der Waals surface area contributed by atoms with E-state index in [1.54, 1.807) is 6.92 Å². The van der Waals surface area contributed by atoms with Crippen LogP contribution in [0.4, 0.5) is 5.69 Å². The normalized spacial score (nSPS) is 13.5. The second-order valence-corrected chi connectivity index (χ2v) is 7.74. The van der Waals surface area contributed by atoms with Gasteiger partial charge in [-0.3, -0.25) is 29.3 Å². The third-order valence-electron chi connectivity index (χ3n) is 4.63. The van der Waals surface area contributed by atoms with E-state index < -0.39 is 46.6 Å². The van der Waals surface area contributed by atoms with E-state index >= 15 is 0 Å². The van der Waals surface area contributed by atoms with Crippen molar-refractivity contribution in [1.29, 1.82) is 0 Å². The molecule has 3 atom stereocenters. The number of primary amides is 1. The Hall–Kier alpha value is -3.50. The van der Waals surface area contributed by atoms with Crippen molar-refractivity contribution >= 4 is 29.4 Å². The van der Waals surface area contributed by atoms with Gasteiger partial charge in [0.25, 0.3) is 5.69 Å². The summed E-state index contributed by atoms with van der Waals surface area (Å²) in [5.41, 5.74) is 5.76. The SMILES string of the molecule is CCOC(=O)C[C@@H](c1ccc([N+](=O)[O-])cc1)[C@H](NC(=O)[C@H](CC(C)C)NC(C)=O)C(N)=O. The average molecular weight is 450 g/mol. The first-order chi connectivity index (χ1) is 15.0. The van der Waals surface area contributed by atoms with E-state index in [4.69, 9.17) is 10.5 Å². The number of ether oxygens (including phenoxy) is 1. The monoisotopic (exact) mass is 450 g/mol. The number of non-ortho nitro benzene ring substituents is 1. The molecule has 0 aliphatic rings. The van der Waals surface area contributed by atoms with Crippen molar-refractivity contribution < 1.29 is 28.8 Å². The second kappa shape index (κ2) is 12.4. The van der Waals surface area contributed by atoms with Crippen LogP contribution < -0.4 is 16.4 Å². The minimum atomic E-state index is -1.32. The van der Waals surface area contributed by atoms with E-state index in [1.165, 1.54) is 31.2 Å². The summed E-state index contributed by atoms with van der Waals surface area (Å²) in [6, 6.07) is 3.01. The van der Waals surface area contributed by atoms with E-state index in [0.717, 1.165) is 0 Å². The number of carbonyl (C=O) groups excluding carboxylic acids is 4. The van der Waals surface area contributed by atoms with Crippen molar-refractivity contribution in [2.75, 3.05) is 6.61 Å². The van der Waals surface area contributed by atoms with Crippen LogP contribution in [-0.2, 0) is 23.9 Å². The molecule has 0 saturated carbocycles. The lowest BCUT2D eigenvalue weighted by molar-refractivity contribution is -0.384. The Balaban J connectivity index is 3.28. The average Bonchev–Trinajstić information content (AvgIpc) is 2.69. The number of amides is 3. The number of carbonyl (C=O) groups is 4. The van der Waals surface area contributed by atoms with Crippen LogP contribution in [0.1, 0.15) is 52.0 Å². The predicted octanol–water partition coefficient (Wildman–Crippen LogP) is 1.15. The molecule has 0 fully saturated rings. The largest absolute Gasteiger partial charge is 0.466 e. The molecule has 4 N–H and O–H groups in total. The zero-order valence-corrected chi connectivity index (χ0v) is 18.6. The van der Waals surface area contributed by atoms with Gasteiger partial charge in [0.05, 0.1) is 18.0 Å². The van der Waals surface area contributed by atoms with E-state index in [2.05, 4.69) is 10.6 Å². The molecule has 0 aliphatic heterocycles. The van der Waals surface area contributed by atoms with Crippen LogP contribution in [0.5, 0.6) is 0 Å². The van der Waals surface area contributed by atoms with Gasteiger partial charge < -0.3 is 21.1 Å². The van der Waals surface area contributed by atoms with Crippen LogP contribution in [0, 0.1) is 16.0 Å². The van der Waals surface area contributed by atoms with Gasteiger partial charge in [0, 0.05) is 25.0 Å². The van der Waals surface area contributed by atoms with Gasteiger partial charge in [-0.05, 0) is 24.8 Å². The summed E-state index contributed by atoms with van der Waals surface area (Å²) in [6.45, 7) is 6.74.